The van der Waals surface area contributed by atoms with Crippen LogP contribution in [0.3, 0.4) is 0 Å². The fourth-order valence-corrected chi connectivity index (χ4v) is 6.18. The van der Waals surface area contributed by atoms with Gasteiger partial charge in [0.25, 0.3) is 11.8 Å². The van der Waals surface area contributed by atoms with Gasteiger partial charge in [-0.15, -0.1) is 0 Å². The number of ketones is 1. The molecule has 0 aromatic carbocycles. The number of nitrogens with two attached hydrogens (primary N) is 2. The highest BCUT2D eigenvalue weighted by atomic mass is 35.5. The monoisotopic (exact) mass is 644 g/mol. The molecular formula is C25H28Cl4F4N6O. The zero-order valence-electron chi connectivity index (χ0n) is 21.2. The van der Waals surface area contributed by atoms with Crippen LogP contribution in [0.4, 0.5) is 17.6 Å². The van der Waals surface area contributed by atoms with E-state index in [9.17, 15) is 22.4 Å². The van der Waals surface area contributed by atoms with Crippen LogP contribution in [0, 0.1) is 0 Å². The molecule has 15 heteroatoms. The third-order valence-corrected chi connectivity index (χ3v) is 8.46. The highest BCUT2D eigenvalue weighted by Crippen LogP contribution is 2.44. The van der Waals surface area contributed by atoms with Crippen LogP contribution in [0.2, 0.25) is 20.4 Å². The normalized spacial score (nSPS) is 24.9. The minimum atomic E-state index is -3.17. The molecule has 4 N–H and O–H groups in total. The van der Waals surface area contributed by atoms with E-state index >= 15 is 0 Å². The molecule has 40 heavy (non-hydrogen) atoms. The van der Waals surface area contributed by atoms with Gasteiger partial charge in [0.15, 0.2) is 5.78 Å². The molecule has 2 aliphatic heterocycles. The van der Waals surface area contributed by atoms with E-state index in [-0.39, 0.29) is 57.7 Å². The molecule has 2 saturated heterocycles. The zero-order valence-corrected chi connectivity index (χ0v) is 24.2. The summed E-state index contributed by atoms with van der Waals surface area (Å²) in [5.74, 6) is -7.16. The Bertz CT molecular complexity index is 1150. The Labute approximate surface area is 249 Å². The lowest BCUT2D eigenvalue weighted by Gasteiger charge is -2.47. The summed E-state index contributed by atoms with van der Waals surface area (Å²) in [6.07, 6.45) is -0.942. The maximum atomic E-state index is 14.8. The van der Waals surface area contributed by atoms with Crippen molar-refractivity contribution in [3.05, 3.63) is 56.0 Å². The summed E-state index contributed by atoms with van der Waals surface area (Å²) in [5, 5.41) is -0.165. The van der Waals surface area contributed by atoms with Crippen LogP contribution in [0.15, 0.2) is 24.3 Å². The number of carbonyl (C=O) groups is 1. The molecule has 220 valence electrons. The van der Waals surface area contributed by atoms with E-state index in [0.717, 1.165) is 0 Å². The predicted octanol–water partition coefficient (Wildman–Crippen LogP) is 5.56. The summed E-state index contributed by atoms with van der Waals surface area (Å²) in [5.41, 5.74) is 11.7. The molecule has 0 saturated carbocycles. The second kappa shape index (κ2) is 12.5. The van der Waals surface area contributed by atoms with E-state index in [1.807, 2.05) is 0 Å². The van der Waals surface area contributed by atoms with Gasteiger partial charge in [-0.1, -0.05) is 46.4 Å². The van der Waals surface area contributed by atoms with Crippen molar-refractivity contribution in [1.82, 2.24) is 19.8 Å². The Balaban J connectivity index is 1.95. The molecule has 0 bridgehead atoms. The second-order valence-electron chi connectivity index (χ2n) is 10.1. The number of Topliss-reactive ketones (excluding diaryl/α,β-unsaturated/α-hetero) is 1. The molecule has 0 aliphatic carbocycles. The maximum Gasteiger partial charge on any atom is 0.260 e. The van der Waals surface area contributed by atoms with Crippen LogP contribution in [-0.4, -0.2) is 75.7 Å². The van der Waals surface area contributed by atoms with Crippen molar-refractivity contribution in [3.63, 3.8) is 0 Å². The molecule has 4 atom stereocenters. The van der Waals surface area contributed by atoms with E-state index in [0.29, 0.717) is 0 Å². The molecule has 2 aliphatic rings. The largest absolute Gasteiger partial charge is 0.329 e. The molecule has 2 aromatic rings. The molecule has 0 amide bonds. The molecule has 7 nitrogen and oxygen atoms in total. The molecular weight excluding hydrogens is 618 g/mol. The average Bonchev–Trinajstić information content (AvgIpc) is 2.88. The number of pyridine rings is 2. The summed E-state index contributed by atoms with van der Waals surface area (Å²) >= 11 is 25.3. The van der Waals surface area contributed by atoms with Crippen molar-refractivity contribution in [2.45, 2.75) is 61.7 Å². The van der Waals surface area contributed by atoms with Crippen molar-refractivity contribution in [2.75, 3.05) is 26.2 Å². The number of hydrogen-bond acceptors (Lipinski definition) is 7. The molecule has 2 unspecified atom stereocenters. The Morgan fingerprint density at radius 2 is 1.18 bits per heavy atom. The van der Waals surface area contributed by atoms with Crippen molar-refractivity contribution in [3.8, 4) is 0 Å². The fraction of sp³-hybridized carbons (Fsp3) is 0.560. The van der Waals surface area contributed by atoms with E-state index in [1.165, 1.54) is 34.1 Å². The first-order valence-corrected chi connectivity index (χ1v) is 14.1. The van der Waals surface area contributed by atoms with Gasteiger partial charge in [-0.2, -0.15) is 0 Å². The number of likely N-dealkylation sites (tertiary alicyclic amines) is 2. The number of alkyl halides is 4. The van der Waals surface area contributed by atoms with Gasteiger partial charge in [-0.3, -0.25) is 14.6 Å². The number of hydrogen-bond donors (Lipinski definition) is 2. The quantitative estimate of drug-likeness (QED) is 0.286. The minimum absolute atomic E-state index is 0.0283. The van der Waals surface area contributed by atoms with Crippen molar-refractivity contribution in [2.24, 2.45) is 11.5 Å². The highest BCUT2D eigenvalue weighted by Gasteiger charge is 2.51. The van der Waals surface area contributed by atoms with E-state index in [2.05, 4.69) is 9.97 Å². The Morgan fingerprint density at radius 1 is 0.800 bits per heavy atom. The number of rotatable bonds is 8. The van der Waals surface area contributed by atoms with E-state index in [1.54, 1.807) is 0 Å². The van der Waals surface area contributed by atoms with Crippen LogP contribution in [0.25, 0.3) is 0 Å². The lowest BCUT2D eigenvalue weighted by molar-refractivity contribution is -0.146. The molecule has 4 rings (SSSR count). The Hall–Kier alpha value is -1.31. The SMILES string of the molecule is NCC1CCC(F)(F)CN1[C@@H](C(=O)[C@@H](c1nc(Cl)ccc1Cl)N1CC(F)(F)CCC1CN)c1nc(Cl)ccc1Cl. The second-order valence-corrected chi connectivity index (χ2v) is 11.7. The van der Waals surface area contributed by atoms with E-state index in [4.69, 9.17) is 57.9 Å². The van der Waals surface area contributed by atoms with Crippen LogP contribution in [0.1, 0.15) is 49.2 Å². The van der Waals surface area contributed by atoms with Gasteiger partial charge in [0.05, 0.1) is 34.5 Å². The summed E-state index contributed by atoms with van der Waals surface area (Å²) in [6, 6.07) is 1.02. The third kappa shape index (κ3) is 6.83. The van der Waals surface area contributed by atoms with Crippen LogP contribution in [-0.2, 0) is 4.79 Å². The van der Waals surface area contributed by atoms with Gasteiger partial charge >= 0.3 is 0 Å². The van der Waals surface area contributed by atoms with Gasteiger partial charge in [0, 0.05) is 38.0 Å². The molecule has 0 spiro atoms. The summed E-state index contributed by atoms with van der Waals surface area (Å²) in [7, 11) is 0. The topological polar surface area (TPSA) is 101 Å². The smallest absolute Gasteiger partial charge is 0.260 e. The Kier molecular flexibility index (Phi) is 9.89. The standard InChI is InChI=1S/C25H28Cl4F4N6O/c26-15-1-3-17(28)36-19(15)21(38-11-24(30,31)7-5-13(38)9-34)23(40)22(20-16(27)2-4-18(29)37-20)39-12-25(32,33)8-6-14(39)10-35/h1-4,13-14,21-22H,5-12,34-35H2/t13?,14?,21-,22-/m1/s1. The highest BCUT2D eigenvalue weighted by molar-refractivity contribution is 6.33. The van der Waals surface area contributed by atoms with Gasteiger partial charge in [0.2, 0.25) is 0 Å². The third-order valence-electron chi connectivity index (χ3n) is 7.40. The lowest BCUT2D eigenvalue weighted by Crippen LogP contribution is -2.58. The first-order chi connectivity index (χ1) is 18.8. The van der Waals surface area contributed by atoms with Gasteiger partial charge in [-0.25, -0.2) is 27.5 Å². The van der Waals surface area contributed by atoms with Crippen LogP contribution in [0.5, 0.6) is 0 Å². The van der Waals surface area contributed by atoms with Crippen molar-refractivity contribution in [1.29, 1.82) is 0 Å². The first-order valence-electron chi connectivity index (χ1n) is 12.6. The van der Waals surface area contributed by atoms with Gasteiger partial charge < -0.3 is 11.5 Å². The minimum Gasteiger partial charge on any atom is -0.329 e. The van der Waals surface area contributed by atoms with Crippen LogP contribution >= 0.6 is 46.4 Å². The predicted molar refractivity (Wildman–Crippen MR) is 146 cm³/mol. The molecule has 2 aromatic heterocycles. The van der Waals surface area contributed by atoms with Crippen molar-refractivity contribution < 1.29 is 22.4 Å². The maximum absolute atomic E-state index is 14.8. The van der Waals surface area contributed by atoms with Crippen molar-refractivity contribution >= 4 is 52.2 Å². The average molecular weight is 646 g/mol. The number of halogens is 8. The summed E-state index contributed by atoms with van der Waals surface area (Å²) in [4.78, 5) is 25.7. The summed E-state index contributed by atoms with van der Waals surface area (Å²) in [6.45, 7) is -1.83. The number of piperidine rings is 2. The molecule has 0 radical (unpaired) electrons. The van der Waals surface area contributed by atoms with Gasteiger partial charge in [-0.05, 0) is 37.1 Å². The fourth-order valence-electron chi connectivity index (χ4n) is 5.46. The number of carbonyl (C=O) groups excluding carboxylic acids is 1. The molecule has 2 fully saturated rings. The van der Waals surface area contributed by atoms with E-state index < -0.39 is 67.7 Å². The lowest BCUT2D eigenvalue weighted by atomic mass is 9.88. The zero-order chi connectivity index (χ0) is 29.4. The first kappa shape index (κ1) is 31.6. The van der Waals surface area contributed by atoms with Crippen LogP contribution < -0.4 is 11.5 Å². The number of aromatic nitrogens is 2. The van der Waals surface area contributed by atoms with Gasteiger partial charge in [0.1, 0.15) is 22.4 Å². The molecule has 4 heterocycles. The summed E-state index contributed by atoms with van der Waals surface area (Å²) < 4.78 is 59.4. The Morgan fingerprint density at radius 3 is 1.52 bits per heavy atom. The number of nitrogens with zero attached hydrogens (tertiary/aromatic N) is 4.